The van der Waals surface area contributed by atoms with Crippen LogP contribution in [0.15, 0.2) is 18.2 Å². The first kappa shape index (κ1) is 14.3. The monoisotopic (exact) mass is 273 g/mol. The van der Waals surface area contributed by atoms with Crippen molar-refractivity contribution in [3.63, 3.8) is 0 Å². The van der Waals surface area contributed by atoms with Crippen LogP contribution in [0.3, 0.4) is 0 Å². The van der Waals surface area contributed by atoms with Crippen molar-refractivity contribution in [3.8, 4) is 6.07 Å². The molecule has 106 valence electrons. The highest BCUT2D eigenvalue weighted by atomic mass is 16.6. The van der Waals surface area contributed by atoms with Crippen molar-refractivity contribution in [2.24, 2.45) is 11.8 Å². The minimum absolute atomic E-state index is 0.0443. The molecular formula is C15H19N3O2. The van der Waals surface area contributed by atoms with E-state index in [1.807, 2.05) is 6.07 Å². The summed E-state index contributed by atoms with van der Waals surface area (Å²) in [6.07, 6.45) is 3.50. The van der Waals surface area contributed by atoms with E-state index >= 15 is 0 Å². The minimum Gasteiger partial charge on any atom is -0.381 e. The normalized spacial score (nSPS) is 25.8. The second-order valence-corrected chi connectivity index (χ2v) is 5.62. The van der Waals surface area contributed by atoms with Crippen LogP contribution in [0.5, 0.6) is 0 Å². The van der Waals surface area contributed by atoms with Gasteiger partial charge in [0.2, 0.25) is 0 Å². The van der Waals surface area contributed by atoms with Gasteiger partial charge in [0.1, 0.15) is 6.07 Å². The standard InChI is InChI=1S/C15H19N3O2/c1-10-4-3-5-14(11(10)2)17-15-7-6-13(18(19)20)8-12(15)9-16/h6-8,10-11,14,17H,3-5H2,1-2H3/t10-,11-,14+/m1/s1. The van der Waals surface area contributed by atoms with Crippen LogP contribution in [0.25, 0.3) is 0 Å². The smallest absolute Gasteiger partial charge is 0.270 e. The van der Waals surface area contributed by atoms with Crippen molar-refractivity contribution in [1.82, 2.24) is 0 Å². The third kappa shape index (κ3) is 2.90. The second-order valence-electron chi connectivity index (χ2n) is 5.62. The van der Waals surface area contributed by atoms with Crippen molar-refractivity contribution in [2.45, 2.75) is 39.2 Å². The summed E-state index contributed by atoms with van der Waals surface area (Å²) in [6, 6.07) is 6.78. The van der Waals surface area contributed by atoms with E-state index in [2.05, 4.69) is 19.2 Å². The molecule has 1 aromatic rings. The Hall–Kier alpha value is -2.09. The molecule has 0 radical (unpaired) electrons. The zero-order valence-electron chi connectivity index (χ0n) is 11.8. The maximum Gasteiger partial charge on any atom is 0.270 e. The molecule has 20 heavy (non-hydrogen) atoms. The summed E-state index contributed by atoms with van der Waals surface area (Å²) < 4.78 is 0. The van der Waals surface area contributed by atoms with E-state index in [-0.39, 0.29) is 5.69 Å². The van der Waals surface area contributed by atoms with Gasteiger partial charge in [0.05, 0.1) is 16.2 Å². The molecular weight excluding hydrogens is 254 g/mol. The number of nitrogens with one attached hydrogen (secondary N) is 1. The summed E-state index contributed by atoms with van der Waals surface area (Å²) >= 11 is 0. The van der Waals surface area contributed by atoms with E-state index in [0.29, 0.717) is 29.1 Å². The summed E-state index contributed by atoms with van der Waals surface area (Å²) in [5.41, 5.74) is 0.992. The Morgan fingerprint density at radius 2 is 2.15 bits per heavy atom. The number of anilines is 1. The lowest BCUT2D eigenvalue weighted by atomic mass is 9.78. The van der Waals surface area contributed by atoms with E-state index in [1.165, 1.54) is 25.0 Å². The molecule has 5 nitrogen and oxygen atoms in total. The van der Waals surface area contributed by atoms with Crippen LogP contribution in [0, 0.1) is 33.3 Å². The number of rotatable bonds is 3. The minimum atomic E-state index is -0.476. The Balaban J connectivity index is 2.21. The lowest BCUT2D eigenvalue weighted by Crippen LogP contribution is -2.35. The van der Waals surface area contributed by atoms with Gasteiger partial charge < -0.3 is 5.32 Å². The number of benzene rings is 1. The Morgan fingerprint density at radius 1 is 1.40 bits per heavy atom. The summed E-state index contributed by atoms with van der Waals surface area (Å²) in [5, 5.41) is 23.3. The molecule has 1 fully saturated rings. The van der Waals surface area contributed by atoms with E-state index in [1.54, 1.807) is 6.07 Å². The van der Waals surface area contributed by atoms with Gasteiger partial charge in [-0.3, -0.25) is 10.1 Å². The molecule has 0 amide bonds. The Labute approximate surface area is 118 Å². The quantitative estimate of drug-likeness (QED) is 0.672. The van der Waals surface area contributed by atoms with E-state index in [9.17, 15) is 10.1 Å². The van der Waals surface area contributed by atoms with Crippen molar-refractivity contribution in [1.29, 1.82) is 5.26 Å². The van der Waals surface area contributed by atoms with Gasteiger partial charge in [-0.1, -0.05) is 26.7 Å². The van der Waals surface area contributed by atoms with Crippen LogP contribution in [-0.4, -0.2) is 11.0 Å². The predicted molar refractivity (Wildman–Crippen MR) is 77.4 cm³/mol. The molecule has 0 bridgehead atoms. The van der Waals surface area contributed by atoms with Gasteiger partial charge in [-0.15, -0.1) is 0 Å². The van der Waals surface area contributed by atoms with Crippen molar-refractivity contribution in [2.75, 3.05) is 5.32 Å². The predicted octanol–water partition coefficient (Wildman–Crippen LogP) is 3.70. The maximum absolute atomic E-state index is 10.7. The number of hydrogen-bond donors (Lipinski definition) is 1. The molecule has 1 saturated carbocycles. The van der Waals surface area contributed by atoms with E-state index in [4.69, 9.17) is 5.26 Å². The number of nitro groups is 1. The summed E-state index contributed by atoms with van der Waals surface area (Å²) in [5.74, 6) is 1.19. The first-order chi connectivity index (χ1) is 9.52. The number of non-ortho nitro benzene ring substituents is 1. The van der Waals surface area contributed by atoms with Crippen LogP contribution in [-0.2, 0) is 0 Å². The fraction of sp³-hybridized carbons (Fsp3) is 0.533. The van der Waals surface area contributed by atoms with E-state index < -0.39 is 4.92 Å². The zero-order chi connectivity index (χ0) is 14.7. The number of nitrogens with zero attached hydrogens (tertiary/aromatic N) is 2. The first-order valence-corrected chi connectivity index (χ1v) is 6.98. The molecule has 2 rings (SSSR count). The lowest BCUT2D eigenvalue weighted by molar-refractivity contribution is -0.384. The largest absolute Gasteiger partial charge is 0.381 e. The highest BCUT2D eigenvalue weighted by Gasteiger charge is 2.27. The molecule has 1 N–H and O–H groups in total. The maximum atomic E-state index is 10.7. The zero-order valence-corrected chi connectivity index (χ0v) is 11.8. The highest BCUT2D eigenvalue weighted by molar-refractivity contribution is 5.61. The Morgan fingerprint density at radius 3 is 2.80 bits per heavy atom. The molecule has 1 aliphatic rings. The molecule has 0 aliphatic heterocycles. The molecule has 3 atom stereocenters. The van der Waals surface area contributed by atoms with Gasteiger partial charge >= 0.3 is 0 Å². The molecule has 5 heteroatoms. The number of nitriles is 1. The van der Waals surface area contributed by atoms with Gasteiger partial charge in [0.15, 0.2) is 0 Å². The molecule has 0 unspecified atom stereocenters. The number of nitro benzene ring substituents is 1. The van der Waals surface area contributed by atoms with Crippen LogP contribution in [0.1, 0.15) is 38.7 Å². The van der Waals surface area contributed by atoms with Gasteiger partial charge in [-0.25, -0.2) is 0 Å². The molecule has 0 heterocycles. The fourth-order valence-corrected chi connectivity index (χ4v) is 2.85. The van der Waals surface area contributed by atoms with Crippen molar-refractivity contribution >= 4 is 11.4 Å². The van der Waals surface area contributed by atoms with E-state index in [0.717, 1.165) is 6.42 Å². The summed E-state index contributed by atoms with van der Waals surface area (Å²) in [7, 11) is 0. The van der Waals surface area contributed by atoms with Crippen molar-refractivity contribution in [3.05, 3.63) is 33.9 Å². The average molecular weight is 273 g/mol. The summed E-state index contributed by atoms with van der Waals surface area (Å²) in [4.78, 5) is 10.3. The SMILES string of the molecule is C[C@@H]1[C@H](C)CCC[C@@H]1Nc1ccc([N+](=O)[O-])cc1C#N. The Bertz CT molecular complexity index is 551. The first-order valence-electron chi connectivity index (χ1n) is 6.98. The second kappa shape index (κ2) is 5.91. The third-order valence-electron chi connectivity index (χ3n) is 4.38. The third-order valence-corrected chi connectivity index (χ3v) is 4.38. The Kier molecular flexibility index (Phi) is 4.23. The average Bonchev–Trinajstić information content (AvgIpc) is 2.44. The van der Waals surface area contributed by atoms with Gasteiger partial charge in [-0.05, 0) is 24.3 Å². The molecule has 0 spiro atoms. The van der Waals surface area contributed by atoms with Crippen molar-refractivity contribution < 1.29 is 4.92 Å². The molecule has 0 saturated heterocycles. The summed E-state index contributed by atoms with van der Waals surface area (Å²) in [6.45, 7) is 4.47. The fourth-order valence-electron chi connectivity index (χ4n) is 2.85. The number of hydrogen-bond acceptors (Lipinski definition) is 4. The molecule has 1 aromatic carbocycles. The molecule has 0 aromatic heterocycles. The topological polar surface area (TPSA) is 79.0 Å². The van der Waals surface area contributed by atoms with Crippen LogP contribution in [0.4, 0.5) is 11.4 Å². The van der Waals surface area contributed by atoms with Crippen LogP contribution >= 0.6 is 0 Å². The van der Waals surface area contributed by atoms with Gasteiger partial charge in [0.25, 0.3) is 5.69 Å². The highest BCUT2D eigenvalue weighted by Crippen LogP contribution is 2.32. The van der Waals surface area contributed by atoms with Gasteiger partial charge in [-0.2, -0.15) is 5.26 Å². The molecule has 1 aliphatic carbocycles. The van der Waals surface area contributed by atoms with Crippen LogP contribution in [0.2, 0.25) is 0 Å². The van der Waals surface area contributed by atoms with Gasteiger partial charge in [0, 0.05) is 18.2 Å². The van der Waals surface area contributed by atoms with Crippen LogP contribution < -0.4 is 5.32 Å². The lowest BCUT2D eigenvalue weighted by Gasteiger charge is -2.35.